The Morgan fingerprint density at radius 2 is 1.43 bits per heavy atom. The molecule has 0 aliphatic carbocycles. The zero-order valence-electron chi connectivity index (χ0n) is 10.8. The lowest BCUT2D eigenvalue weighted by atomic mass is 9.84. The summed E-state index contributed by atoms with van der Waals surface area (Å²) in [7, 11) is 0. The minimum absolute atomic E-state index is 0.820. The van der Waals surface area contributed by atoms with Crippen molar-refractivity contribution in [2.45, 2.75) is 31.0 Å². The zero-order chi connectivity index (χ0) is 16.5. The van der Waals surface area contributed by atoms with E-state index < -0.39 is 55.1 Å². The van der Waals surface area contributed by atoms with Crippen LogP contribution in [0.3, 0.4) is 0 Å². The Kier molecular flexibility index (Phi) is 7.27. The van der Waals surface area contributed by atoms with E-state index in [1.54, 1.807) is 0 Å². The van der Waals surface area contributed by atoms with E-state index in [4.69, 9.17) is 20.9 Å². The molecule has 110 valence electrons. The Hall–Kier alpha value is -2.80. The molecule has 0 fully saturated rings. The zero-order valence-corrected chi connectivity index (χ0v) is 10.8. The molecule has 0 heterocycles. The normalized spacial score (nSPS) is 11.4. The van der Waals surface area contributed by atoms with Gasteiger partial charge in [0, 0.05) is 0 Å². The fraction of sp³-hybridized carbons (Fsp3) is 0.500. The quantitative estimate of drug-likeness (QED) is 0.398. The second-order valence-electron chi connectivity index (χ2n) is 3.76. The van der Waals surface area contributed by atoms with E-state index in [9.17, 15) is 19.5 Å². The van der Waals surface area contributed by atoms with Crippen molar-refractivity contribution in [2.75, 3.05) is 6.61 Å². The third-order valence-electron chi connectivity index (χ3n) is 2.45. The first kappa shape index (κ1) is 18.2. The molecule has 0 aromatic carbocycles. The summed E-state index contributed by atoms with van der Waals surface area (Å²) in [6.07, 6.45) is -4.76. The number of rotatable bonds is 8. The van der Waals surface area contributed by atoms with Gasteiger partial charge in [0.1, 0.15) is 12.5 Å². The van der Waals surface area contributed by atoms with Gasteiger partial charge in [-0.3, -0.25) is 14.4 Å². The third kappa shape index (κ3) is 4.08. The molecule has 9 heteroatoms. The maximum absolute atomic E-state index is 11.9. The molecule has 1 unspecified atom stereocenters. The van der Waals surface area contributed by atoms with Crippen LogP contribution < -0.4 is 0 Å². The van der Waals surface area contributed by atoms with Crippen LogP contribution in [0.15, 0.2) is 0 Å². The number of aliphatic hydroxyl groups excluding tert-OH is 2. The maximum atomic E-state index is 11.9. The summed E-state index contributed by atoms with van der Waals surface area (Å²) in [6, 6.07) is 4.26. The molecule has 0 spiro atoms. The van der Waals surface area contributed by atoms with Crippen molar-refractivity contribution in [3.05, 3.63) is 0 Å². The number of carbonyl (C=O) groups is 3. The van der Waals surface area contributed by atoms with E-state index in [1.807, 2.05) is 0 Å². The summed E-state index contributed by atoms with van der Waals surface area (Å²) in [6.45, 7) is -1.13. The minimum Gasteiger partial charge on any atom is -0.439 e. The van der Waals surface area contributed by atoms with E-state index in [0.29, 0.717) is 0 Å². The number of Topliss-reactive ketones (excluding diaryl/α,β-unsaturated/α-hetero) is 2. The van der Waals surface area contributed by atoms with Gasteiger partial charge in [-0.15, -0.1) is 0 Å². The highest BCUT2D eigenvalue weighted by molar-refractivity contribution is 6.13. The number of esters is 1. The Morgan fingerprint density at radius 3 is 1.76 bits per heavy atom. The van der Waals surface area contributed by atoms with Gasteiger partial charge in [0.2, 0.25) is 11.6 Å². The van der Waals surface area contributed by atoms with Gasteiger partial charge < -0.3 is 14.9 Å². The number of carbonyl (C=O) groups excluding carboxylic acids is 3. The molecular weight excluding hydrogens is 282 g/mol. The van der Waals surface area contributed by atoms with Gasteiger partial charge in [-0.05, 0) is 0 Å². The summed E-state index contributed by atoms with van der Waals surface area (Å²) in [5.74, 6) is -3.86. The minimum atomic E-state index is -2.87. The van der Waals surface area contributed by atoms with Crippen LogP contribution in [-0.4, -0.2) is 46.1 Å². The van der Waals surface area contributed by atoms with E-state index >= 15 is 0 Å². The second-order valence-corrected chi connectivity index (χ2v) is 3.76. The Bertz CT molecular complexity index is 523. The molecular formula is C12H11N3O6. The monoisotopic (exact) mass is 293 g/mol. The highest BCUT2D eigenvalue weighted by atomic mass is 16.6. The number of hydrogen-bond acceptors (Lipinski definition) is 9. The molecule has 0 saturated heterocycles. The summed E-state index contributed by atoms with van der Waals surface area (Å²) >= 11 is 0. The van der Waals surface area contributed by atoms with Crippen LogP contribution in [0.2, 0.25) is 0 Å². The smallest absolute Gasteiger partial charge is 0.321 e. The van der Waals surface area contributed by atoms with Gasteiger partial charge >= 0.3 is 5.97 Å². The Labute approximate surface area is 119 Å². The molecule has 0 bridgehead atoms. The van der Waals surface area contributed by atoms with Gasteiger partial charge in [0.15, 0.2) is 0 Å². The Morgan fingerprint density at radius 1 is 1.00 bits per heavy atom. The van der Waals surface area contributed by atoms with Crippen LogP contribution >= 0.6 is 0 Å². The van der Waals surface area contributed by atoms with Gasteiger partial charge in [-0.2, -0.15) is 15.8 Å². The average molecular weight is 293 g/mol. The first-order chi connectivity index (χ1) is 9.90. The predicted octanol–water partition coefficient (Wildman–Crippen LogP) is -1.50. The molecule has 9 nitrogen and oxygen atoms in total. The molecule has 1 atom stereocenters. The molecule has 0 amide bonds. The van der Waals surface area contributed by atoms with Crippen LogP contribution in [-0.2, 0) is 19.1 Å². The molecule has 0 aromatic heterocycles. The maximum Gasteiger partial charge on any atom is 0.321 e. The fourth-order valence-electron chi connectivity index (χ4n) is 1.52. The highest BCUT2D eigenvalue weighted by Crippen LogP contribution is 2.24. The van der Waals surface area contributed by atoms with E-state index in [1.165, 1.54) is 18.2 Å². The number of ketones is 2. The van der Waals surface area contributed by atoms with Crippen LogP contribution in [0.1, 0.15) is 19.3 Å². The summed E-state index contributed by atoms with van der Waals surface area (Å²) < 4.78 is 4.59. The molecule has 0 rings (SSSR count). The van der Waals surface area contributed by atoms with Crippen molar-refractivity contribution in [3.8, 4) is 18.2 Å². The van der Waals surface area contributed by atoms with Crippen LogP contribution in [0.4, 0.5) is 0 Å². The van der Waals surface area contributed by atoms with E-state index in [-0.39, 0.29) is 0 Å². The van der Waals surface area contributed by atoms with Gasteiger partial charge in [0.05, 0.1) is 37.7 Å². The van der Waals surface area contributed by atoms with Crippen molar-refractivity contribution in [2.24, 2.45) is 0 Å². The first-order valence-corrected chi connectivity index (χ1v) is 5.58. The topological polar surface area (TPSA) is 172 Å². The van der Waals surface area contributed by atoms with Crippen LogP contribution in [0.5, 0.6) is 0 Å². The average Bonchev–Trinajstić information content (AvgIpc) is 2.44. The van der Waals surface area contributed by atoms with Gasteiger partial charge in [0.25, 0.3) is 5.60 Å². The van der Waals surface area contributed by atoms with Crippen molar-refractivity contribution in [1.82, 2.24) is 0 Å². The highest BCUT2D eigenvalue weighted by Gasteiger charge is 2.54. The molecule has 2 N–H and O–H groups in total. The third-order valence-corrected chi connectivity index (χ3v) is 2.45. The summed E-state index contributed by atoms with van der Waals surface area (Å²) in [5, 5.41) is 44.1. The summed E-state index contributed by atoms with van der Waals surface area (Å²) in [5.41, 5.74) is -2.87. The molecule has 0 saturated carbocycles. The fourth-order valence-corrected chi connectivity index (χ4v) is 1.52. The summed E-state index contributed by atoms with van der Waals surface area (Å²) in [4.78, 5) is 35.3. The van der Waals surface area contributed by atoms with Crippen LogP contribution in [0.25, 0.3) is 0 Å². The molecule has 0 radical (unpaired) electrons. The van der Waals surface area contributed by atoms with E-state index in [0.717, 1.165) is 0 Å². The second kappa shape index (κ2) is 8.39. The number of nitriles is 3. The molecule has 0 aliphatic rings. The SMILES string of the molecule is N#CCC(=O)OC(C(=O)CC#N)(C(=O)CC#N)C(O)CO. The number of hydrogen-bond donors (Lipinski definition) is 2. The van der Waals surface area contributed by atoms with Crippen molar-refractivity contribution >= 4 is 17.5 Å². The van der Waals surface area contributed by atoms with E-state index in [2.05, 4.69) is 4.74 Å². The first-order valence-electron chi connectivity index (χ1n) is 5.58. The lowest BCUT2D eigenvalue weighted by molar-refractivity contribution is -0.186. The number of aliphatic hydroxyl groups is 2. The largest absolute Gasteiger partial charge is 0.439 e. The molecule has 0 aliphatic heterocycles. The Balaban J connectivity index is 5.87. The van der Waals surface area contributed by atoms with Crippen LogP contribution in [0, 0.1) is 34.0 Å². The standard InChI is InChI=1S/C12H11N3O6/c13-4-1-8(17)12(10(19)7-16,9(18)2-5-14)21-11(20)3-6-15/h10,16,19H,1-3,7H2. The van der Waals surface area contributed by atoms with Crippen molar-refractivity contribution in [3.63, 3.8) is 0 Å². The molecule has 21 heavy (non-hydrogen) atoms. The predicted molar refractivity (Wildman–Crippen MR) is 62.6 cm³/mol. The molecule has 0 aromatic rings. The number of nitrogens with zero attached hydrogens (tertiary/aromatic N) is 3. The lowest BCUT2D eigenvalue weighted by Gasteiger charge is -2.32. The van der Waals surface area contributed by atoms with Gasteiger partial charge in [-0.1, -0.05) is 0 Å². The van der Waals surface area contributed by atoms with Gasteiger partial charge in [-0.25, -0.2) is 0 Å². The number of ether oxygens (including phenoxy) is 1. The van der Waals surface area contributed by atoms with Crippen molar-refractivity contribution in [1.29, 1.82) is 15.8 Å². The van der Waals surface area contributed by atoms with Crippen molar-refractivity contribution < 1.29 is 29.3 Å². The lowest BCUT2D eigenvalue weighted by Crippen LogP contribution is -2.60.